The molecule has 0 aliphatic heterocycles. The topological polar surface area (TPSA) is 137 Å². The van der Waals surface area contributed by atoms with Crippen molar-refractivity contribution in [1.82, 2.24) is 25.4 Å². The fourth-order valence-electron chi connectivity index (χ4n) is 4.69. The summed E-state index contributed by atoms with van der Waals surface area (Å²) in [6, 6.07) is 4.17. The van der Waals surface area contributed by atoms with Crippen LogP contribution in [-0.2, 0) is 11.3 Å². The molecule has 0 bridgehead atoms. The number of carbonyl (C=O) groups is 2. The number of halogens is 1. The van der Waals surface area contributed by atoms with Gasteiger partial charge < -0.3 is 21.1 Å². The van der Waals surface area contributed by atoms with Gasteiger partial charge in [-0.05, 0) is 69.4 Å². The highest BCUT2D eigenvalue weighted by Crippen LogP contribution is 2.50. The molecule has 0 radical (unpaired) electrons. The lowest BCUT2D eigenvalue weighted by Gasteiger charge is -2.28. The Morgan fingerprint density at radius 2 is 1.95 bits per heavy atom. The van der Waals surface area contributed by atoms with E-state index in [2.05, 4.69) is 25.7 Å². The summed E-state index contributed by atoms with van der Waals surface area (Å²) in [7, 11) is 1.47. The van der Waals surface area contributed by atoms with E-state index in [0.717, 1.165) is 31.9 Å². The van der Waals surface area contributed by atoms with Crippen LogP contribution in [0.5, 0.6) is 5.88 Å². The van der Waals surface area contributed by atoms with Crippen LogP contribution in [-0.4, -0.2) is 45.7 Å². The zero-order valence-electron chi connectivity index (χ0n) is 21.4. The molecule has 4 N–H and O–H groups in total. The highest BCUT2D eigenvalue weighted by atomic mass is 19.1. The van der Waals surface area contributed by atoms with Crippen LogP contribution in [0.3, 0.4) is 0 Å². The number of carbonyl (C=O) groups excluding carboxylic acids is 2. The molecule has 2 amide bonds. The Kier molecular flexibility index (Phi) is 8.20. The predicted molar refractivity (Wildman–Crippen MR) is 136 cm³/mol. The van der Waals surface area contributed by atoms with Crippen LogP contribution in [0.15, 0.2) is 47.5 Å². The van der Waals surface area contributed by atoms with Crippen molar-refractivity contribution in [3.8, 4) is 5.88 Å². The summed E-state index contributed by atoms with van der Waals surface area (Å²) < 4.78 is 21.8. The Labute approximate surface area is 215 Å². The van der Waals surface area contributed by atoms with E-state index in [0.29, 0.717) is 29.0 Å². The lowest BCUT2D eigenvalue weighted by molar-refractivity contribution is -0.123. The monoisotopic (exact) mass is 511 g/mol. The summed E-state index contributed by atoms with van der Waals surface area (Å²) >= 11 is 0. The minimum Gasteiger partial charge on any atom is -0.481 e. The smallest absolute Gasteiger partial charge is 0.270 e. The summed E-state index contributed by atoms with van der Waals surface area (Å²) in [4.78, 5) is 34.8. The molecule has 10 nitrogen and oxygen atoms in total. The van der Waals surface area contributed by atoms with Crippen LogP contribution in [0, 0.1) is 17.8 Å². The van der Waals surface area contributed by atoms with Gasteiger partial charge in [-0.2, -0.15) is 9.49 Å². The molecule has 4 rings (SSSR count). The first kappa shape index (κ1) is 26.3. The van der Waals surface area contributed by atoms with E-state index in [1.807, 2.05) is 13.8 Å². The van der Waals surface area contributed by atoms with Gasteiger partial charge in [0.05, 0.1) is 13.7 Å². The first-order chi connectivity index (χ1) is 17.8. The molecule has 198 valence electrons. The SMILES string of the molecule is COc1ncccc1CN=C(F)/C(=C\N)NC(=O)C(NC(=O)c1ccnn1C(C)C)C(C1CC1)C1CC1. The van der Waals surface area contributed by atoms with Gasteiger partial charge in [0.15, 0.2) is 0 Å². The third-order valence-corrected chi connectivity index (χ3v) is 6.76. The summed E-state index contributed by atoms with van der Waals surface area (Å²) in [5.74, 6) is -0.845. The van der Waals surface area contributed by atoms with Gasteiger partial charge in [-0.25, -0.2) is 4.98 Å². The number of nitrogens with zero attached hydrogens (tertiary/aromatic N) is 4. The predicted octanol–water partition coefficient (Wildman–Crippen LogP) is 2.89. The molecule has 2 aromatic rings. The Hall–Kier alpha value is -3.76. The number of aliphatic imine (C=N–C) groups is 1. The summed E-state index contributed by atoms with van der Waals surface area (Å²) in [6.07, 6.45) is 8.11. The van der Waals surface area contributed by atoms with E-state index in [1.165, 1.54) is 7.11 Å². The first-order valence-corrected chi connectivity index (χ1v) is 12.6. The highest BCUT2D eigenvalue weighted by Gasteiger charge is 2.48. The number of methoxy groups -OCH3 is 1. The van der Waals surface area contributed by atoms with E-state index >= 15 is 4.39 Å². The molecular formula is C26H34FN7O3. The first-order valence-electron chi connectivity index (χ1n) is 12.6. The molecule has 1 atom stereocenters. The van der Waals surface area contributed by atoms with Crippen molar-refractivity contribution in [2.24, 2.45) is 28.5 Å². The fraction of sp³-hybridized carbons (Fsp3) is 0.500. The number of rotatable bonds is 12. The number of allylic oxidation sites excluding steroid dienone is 1. The van der Waals surface area contributed by atoms with Crippen LogP contribution in [0.4, 0.5) is 4.39 Å². The highest BCUT2D eigenvalue weighted by molar-refractivity contribution is 6.00. The quantitative estimate of drug-likeness (QED) is 0.375. The molecule has 2 saturated carbocycles. The molecule has 37 heavy (non-hydrogen) atoms. The molecule has 0 saturated heterocycles. The van der Waals surface area contributed by atoms with Gasteiger partial charge in [-0.15, -0.1) is 0 Å². The maximum absolute atomic E-state index is 15.0. The normalized spacial score (nSPS) is 17.1. The minimum absolute atomic E-state index is 0.0267. The molecule has 11 heteroatoms. The average molecular weight is 512 g/mol. The molecule has 2 heterocycles. The number of pyridine rings is 1. The minimum atomic E-state index is -0.931. The zero-order chi connectivity index (χ0) is 26.5. The van der Waals surface area contributed by atoms with Crippen molar-refractivity contribution >= 4 is 17.8 Å². The molecule has 2 aliphatic carbocycles. The van der Waals surface area contributed by atoms with E-state index < -0.39 is 23.8 Å². The van der Waals surface area contributed by atoms with Crippen molar-refractivity contribution in [3.05, 3.63) is 53.7 Å². The number of nitrogens with one attached hydrogen (secondary N) is 2. The number of aromatic nitrogens is 3. The lowest BCUT2D eigenvalue weighted by atomic mass is 9.88. The average Bonchev–Trinajstić information content (AvgIpc) is 3.84. The van der Waals surface area contributed by atoms with Crippen molar-refractivity contribution < 1.29 is 18.7 Å². The van der Waals surface area contributed by atoms with Gasteiger partial charge in [-0.3, -0.25) is 19.3 Å². The Bertz CT molecular complexity index is 1170. The van der Waals surface area contributed by atoms with Gasteiger partial charge >= 0.3 is 0 Å². The standard InChI is InChI=1S/C26H34FN7O3/c1-15(2)34-20(10-12-31-34)24(35)33-22(21(16-6-7-16)17-8-9-17)25(36)32-19(13-28)23(27)30-14-18-5-4-11-29-26(18)37-3/h4-5,10-13,15-17,21-22H,6-9,14,28H2,1-3H3,(H,32,36)(H,33,35)/b19-13+,30-23?. The van der Waals surface area contributed by atoms with Crippen molar-refractivity contribution in [2.75, 3.05) is 7.11 Å². The largest absolute Gasteiger partial charge is 0.481 e. The molecule has 2 fully saturated rings. The summed E-state index contributed by atoms with van der Waals surface area (Å²) in [5, 5.41) is 9.73. The van der Waals surface area contributed by atoms with Crippen molar-refractivity contribution in [2.45, 2.75) is 58.2 Å². The van der Waals surface area contributed by atoms with Crippen LogP contribution in [0.1, 0.15) is 61.6 Å². The number of hydrogen-bond donors (Lipinski definition) is 3. The van der Waals surface area contributed by atoms with E-state index in [4.69, 9.17) is 10.5 Å². The van der Waals surface area contributed by atoms with Gasteiger partial charge in [0.2, 0.25) is 17.8 Å². The fourth-order valence-corrected chi connectivity index (χ4v) is 4.69. The van der Waals surface area contributed by atoms with Gasteiger partial charge in [-0.1, -0.05) is 6.07 Å². The summed E-state index contributed by atoms with van der Waals surface area (Å²) in [5.41, 5.74) is 6.35. The Morgan fingerprint density at radius 3 is 2.54 bits per heavy atom. The molecule has 2 aliphatic rings. The maximum Gasteiger partial charge on any atom is 0.270 e. The van der Waals surface area contributed by atoms with Crippen LogP contribution >= 0.6 is 0 Å². The molecule has 0 spiro atoms. The number of ether oxygens (including phenoxy) is 1. The maximum atomic E-state index is 15.0. The second kappa shape index (κ2) is 11.5. The van der Waals surface area contributed by atoms with E-state index in [-0.39, 0.29) is 24.2 Å². The third kappa shape index (κ3) is 6.33. The zero-order valence-corrected chi connectivity index (χ0v) is 21.4. The van der Waals surface area contributed by atoms with Crippen molar-refractivity contribution in [3.63, 3.8) is 0 Å². The number of hydrogen-bond acceptors (Lipinski definition) is 7. The second-order valence-corrected chi connectivity index (χ2v) is 9.81. The third-order valence-electron chi connectivity index (χ3n) is 6.76. The van der Waals surface area contributed by atoms with Crippen LogP contribution in [0.25, 0.3) is 0 Å². The Balaban J connectivity index is 1.52. The lowest BCUT2D eigenvalue weighted by Crippen LogP contribution is -2.52. The van der Waals surface area contributed by atoms with Crippen LogP contribution < -0.4 is 21.1 Å². The number of nitrogens with two attached hydrogens (primary N) is 1. The molecular weight excluding hydrogens is 477 g/mol. The molecule has 0 aromatic carbocycles. The van der Waals surface area contributed by atoms with Crippen molar-refractivity contribution in [1.29, 1.82) is 0 Å². The number of amides is 2. The van der Waals surface area contributed by atoms with Gasteiger partial charge in [0.25, 0.3) is 5.91 Å². The van der Waals surface area contributed by atoms with E-state index in [1.54, 1.807) is 35.3 Å². The van der Waals surface area contributed by atoms with Gasteiger partial charge in [0, 0.05) is 30.2 Å². The van der Waals surface area contributed by atoms with E-state index in [9.17, 15) is 9.59 Å². The second-order valence-electron chi connectivity index (χ2n) is 9.81. The Morgan fingerprint density at radius 1 is 1.24 bits per heavy atom. The molecule has 1 unspecified atom stereocenters. The molecule has 2 aromatic heterocycles. The van der Waals surface area contributed by atoms with Crippen LogP contribution in [0.2, 0.25) is 0 Å². The summed E-state index contributed by atoms with van der Waals surface area (Å²) in [6.45, 7) is 3.79. The van der Waals surface area contributed by atoms with Gasteiger partial charge in [0.1, 0.15) is 17.4 Å².